The van der Waals surface area contributed by atoms with Gasteiger partial charge in [-0.2, -0.15) is 0 Å². The second-order valence-corrected chi connectivity index (χ2v) is 5.18. The minimum atomic E-state index is 0.527. The molecule has 98 valence electrons. The first-order valence-electron chi connectivity index (χ1n) is 6.69. The molecule has 1 aliphatic heterocycles. The first-order valence-corrected chi connectivity index (χ1v) is 7.23. The van der Waals surface area contributed by atoms with Gasteiger partial charge in [-0.3, -0.25) is 0 Å². The number of benzene rings is 1. The van der Waals surface area contributed by atoms with Crippen molar-refractivity contribution < 1.29 is 0 Å². The zero-order valence-electron chi connectivity index (χ0n) is 10.8. The number of alkyl halides is 1. The van der Waals surface area contributed by atoms with Crippen LogP contribution in [-0.2, 0) is 18.7 Å². The molecule has 1 aliphatic rings. The number of hydrogen-bond donors (Lipinski definition) is 0. The van der Waals surface area contributed by atoms with Crippen LogP contribution in [0.5, 0.6) is 0 Å². The Morgan fingerprint density at radius 3 is 2.21 bits per heavy atom. The zero-order valence-corrected chi connectivity index (χ0v) is 11.6. The van der Waals surface area contributed by atoms with Crippen molar-refractivity contribution in [3.8, 4) is 0 Å². The van der Waals surface area contributed by atoms with Crippen molar-refractivity contribution in [3.63, 3.8) is 0 Å². The van der Waals surface area contributed by atoms with Crippen molar-refractivity contribution in [2.75, 3.05) is 18.0 Å². The van der Waals surface area contributed by atoms with Crippen molar-refractivity contribution in [1.82, 2.24) is 4.98 Å². The normalized spacial score (nSPS) is 14.9. The van der Waals surface area contributed by atoms with E-state index in [-0.39, 0.29) is 0 Å². The van der Waals surface area contributed by atoms with E-state index in [1.807, 2.05) is 6.20 Å². The maximum absolute atomic E-state index is 5.80. The van der Waals surface area contributed by atoms with Crippen LogP contribution in [0.2, 0.25) is 0 Å². The maximum Gasteiger partial charge on any atom is 0.128 e. The van der Waals surface area contributed by atoms with Crippen LogP contribution in [0.15, 0.2) is 42.6 Å². The molecule has 1 aromatic carbocycles. The van der Waals surface area contributed by atoms with Crippen molar-refractivity contribution >= 4 is 17.4 Å². The molecular formula is C16H17ClN2. The standard InChI is InChI=1S/C16H17ClN2/c17-11-13-5-6-16(18-12-13)19-9-7-14-3-1-2-4-15(14)8-10-19/h1-6,12H,7-11H2. The number of halogens is 1. The highest BCUT2D eigenvalue weighted by atomic mass is 35.5. The van der Waals surface area contributed by atoms with E-state index >= 15 is 0 Å². The molecule has 0 N–H and O–H groups in total. The molecule has 3 heteroatoms. The van der Waals surface area contributed by atoms with Crippen molar-refractivity contribution in [3.05, 3.63) is 59.3 Å². The summed E-state index contributed by atoms with van der Waals surface area (Å²) in [6.07, 6.45) is 4.06. The molecule has 2 aromatic rings. The minimum absolute atomic E-state index is 0.527. The Hall–Kier alpha value is -1.54. The third-order valence-electron chi connectivity index (χ3n) is 3.71. The molecule has 0 atom stereocenters. The zero-order chi connectivity index (χ0) is 13.1. The van der Waals surface area contributed by atoms with Gasteiger partial charge in [-0.05, 0) is 35.6 Å². The highest BCUT2D eigenvalue weighted by molar-refractivity contribution is 6.17. The topological polar surface area (TPSA) is 16.1 Å². The SMILES string of the molecule is ClCc1ccc(N2CCc3ccccc3CC2)nc1. The summed E-state index contributed by atoms with van der Waals surface area (Å²) < 4.78 is 0. The number of rotatable bonds is 2. The summed E-state index contributed by atoms with van der Waals surface area (Å²) in [5.41, 5.74) is 4.02. The molecule has 19 heavy (non-hydrogen) atoms. The monoisotopic (exact) mass is 272 g/mol. The summed E-state index contributed by atoms with van der Waals surface area (Å²) >= 11 is 5.80. The second-order valence-electron chi connectivity index (χ2n) is 4.91. The predicted molar refractivity (Wildman–Crippen MR) is 79.9 cm³/mol. The Kier molecular flexibility index (Phi) is 3.69. The van der Waals surface area contributed by atoms with E-state index in [1.54, 1.807) is 0 Å². The molecular weight excluding hydrogens is 256 g/mol. The fourth-order valence-corrected chi connectivity index (χ4v) is 2.74. The predicted octanol–water partition coefficient (Wildman–Crippen LogP) is 3.43. The highest BCUT2D eigenvalue weighted by Gasteiger charge is 2.14. The van der Waals surface area contributed by atoms with Gasteiger partial charge >= 0.3 is 0 Å². The van der Waals surface area contributed by atoms with E-state index in [2.05, 4.69) is 46.3 Å². The fraction of sp³-hybridized carbons (Fsp3) is 0.312. The fourth-order valence-electron chi connectivity index (χ4n) is 2.58. The van der Waals surface area contributed by atoms with E-state index in [0.29, 0.717) is 5.88 Å². The van der Waals surface area contributed by atoms with Gasteiger partial charge in [0.25, 0.3) is 0 Å². The molecule has 0 unspecified atom stereocenters. The lowest BCUT2D eigenvalue weighted by molar-refractivity contribution is 0.790. The molecule has 0 amide bonds. The number of hydrogen-bond acceptors (Lipinski definition) is 2. The van der Waals surface area contributed by atoms with Crippen LogP contribution in [0, 0.1) is 0 Å². The molecule has 2 nitrogen and oxygen atoms in total. The molecule has 0 aliphatic carbocycles. The minimum Gasteiger partial charge on any atom is -0.356 e. The van der Waals surface area contributed by atoms with Crippen molar-refractivity contribution in [2.24, 2.45) is 0 Å². The van der Waals surface area contributed by atoms with Gasteiger partial charge in [0.1, 0.15) is 5.82 Å². The smallest absolute Gasteiger partial charge is 0.128 e. The third-order valence-corrected chi connectivity index (χ3v) is 4.02. The van der Waals surface area contributed by atoms with E-state index in [0.717, 1.165) is 37.3 Å². The van der Waals surface area contributed by atoms with Crippen molar-refractivity contribution in [1.29, 1.82) is 0 Å². The van der Waals surface area contributed by atoms with Gasteiger partial charge in [0.15, 0.2) is 0 Å². The largest absolute Gasteiger partial charge is 0.356 e. The van der Waals surface area contributed by atoms with Gasteiger partial charge < -0.3 is 4.90 Å². The van der Waals surface area contributed by atoms with E-state index in [9.17, 15) is 0 Å². The quantitative estimate of drug-likeness (QED) is 0.779. The van der Waals surface area contributed by atoms with Gasteiger partial charge in [-0.15, -0.1) is 11.6 Å². The van der Waals surface area contributed by atoms with Crippen LogP contribution in [0.3, 0.4) is 0 Å². The molecule has 0 saturated carbocycles. The van der Waals surface area contributed by atoms with E-state index in [4.69, 9.17) is 11.6 Å². The van der Waals surface area contributed by atoms with Crippen LogP contribution in [-0.4, -0.2) is 18.1 Å². The molecule has 0 spiro atoms. The van der Waals surface area contributed by atoms with Crippen LogP contribution < -0.4 is 4.90 Å². The summed E-state index contributed by atoms with van der Waals surface area (Å²) in [5, 5.41) is 0. The average Bonchev–Trinajstić information content (AvgIpc) is 2.70. The number of anilines is 1. The first-order chi connectivity index (χ1) is 9.36. The summed E-state index contributed by atoms with van der Waals surface area (Å²) in [6.45, 7) is 2.06. The molecule has 0 fully saturated rings. The average molecular weight is 273 g/mol. The number of fused-ring (bicyclic) bond motifs is 1. The first kappa shape index (κ1) is 12.5. The van der Waals surface area contributed by atoms with Gasteiger partial charge in [-0.1, -0.05) is 30.3 Å². The Labute approximate surface area is 119 Å². The Morgan fingerprint density at radius 1 is 1.00 bits per heavy atom. The Morgan fingerprint density at radius 2 is 1.68 bits per heavy atom. The third kappa shape index (κ3) is 2.74. The van der Waals surface area contributed by atoms with Crippen LogP contribution in [0.25, 0.3) is 0 Å². The molecule has 2 heterocycles. The molecule has 0 radical (unpaired) electrons. The van der Waals surface area contributed by atoms with E-state index in [1.165, 1.54) is 11.1 Å². The number of nitrogens with zero attached hydrogens (tertiary/aromatic N) is 2. The summed E-state index contributed by atoms with van der Waals surface area (Å²) in [4.78, 5) is 6.88. The van der Waals surface area contributed by atoms with Crippen molar-refractivity contribution in [2.45, 2.75) is 18.7 Å². The number of aromatic nitrogens is 1. The van der Waals surface area contributed by atoms with Gasteiger partial charge in [-0.25, -0.2) is 4.98 Å². The molecule has 0 saturated heterocycles. The van der Waals surface area contributed by atoms with Gasteiger partial charge in [0, 0.05) is 25.2 Å². The lowest BCUT2D eigenvalue weighted by Gasteiger charge is -2.21. The summed E-state index contributed by atoms with van der Waals surface area (Å²) in [7, 11) is 0. The summed E-state index contributed by atoms with van der Waals surface area (Å²) in [6, 6.07) is 12.9. The molecule has 1 aromatic heterocycles. The Balaban J connectivity index is 1.77. The maximum atomic E-state index is 5.80. The van der Waals surface area contributed by atoms with Gasteiger partial charge in [0.05, 0.1) is 0 Å². The van der Waals surface area contributed by atoms with Crippen LogP contribution in [0.1, 0.15) is 16.7 Å². The molecule has 3 rings (SSSR count). The molecule has 0 bridgehead atoms. The lowest BCUT2D eigenvalue weighted by atomic mass is 10.0. The van der Waals surface area contributed by atoms with Gasteiger partial charge in [0.2, 0.25) is 0 Å². The second kappa shape index (κ2) is 5.62. The number of pyridine rings is 1. The van der Waals surface area contributed by atoms with Crippen LogP contribution >= 0.6 is 11.6 Å². The highest BCUT2D eigenvalue weighted by Crippen LogP contribution is 2.19. The van der Waals surface area contributed by atoms with Crippen LogP contribution in [0.4, 0.5) is 5.82 Å². The Bertz CT molecular complexity index is 524. The van der Waals surface area contributed by atoms with E-state index < -0.39 is 0 Å². The summed E-state index contributed by atoms with van der Waals surface area (Å²) in [5.74, 6) is 1.58. The lowest BCUT2D eigenvalue weighted by Crippen LogP contribution is -2.26.